The zero-order valence-corrected chi connectivity index (χ0v) is 10.2. The molecule has 18 heavy (non-hydrogen) atoms. The highest BCUT2D eigenvalue weighted by molar-refractivity contribution is 5.66. The normalized spacial score (nSPS) is 10.5. The van der Waals surface area contributed by atoms with Crippen LogP contribution in [-0.2, 0) is 0 Å². The molecule has 0 unspecified atom stereocenters. The monoisotopic (exact) mass is 234 g/mol. The van der Waals surface area contributed by atoms with Crippen molar-refractivity contribution in [1.82, 2.24) is 9.78 Å². The van der Waals surface area contributed by atoms with Crippen molar-refractivity contribution in [3.8, 4) is 16.8 Å². The van der Waals surface area contributed by atoms with Crippen LogP contribution < -0.4 is 0 Å². The Kier molecular flexibility index (Phi) is 2.69. The zero-order chi connectivity index (χ0) is 12.4. The van der Waals surface area contributed by atoms with E-state index in [1.165, 1.54) is 11.1 Å². The number of nitrogens with zero attached hydrogens (tertiary/aromatic N) is 2. The summed E-state index contributed by atoms with van der Waals surface area (Å²) in [6.45, 7) is 2.12. The number of benzene rings is 2. The highest BCUT2D eigenvalue weighted by Gasteiger charge is 2.04. The fourth-order valence-electron chi connectivity index (χ4n) is 2.08. The molecule has 0 saturated heterocycles. The van der Waals surface area contributed by atoms with Crippen molar-refractivity contribution in [2.24, 2.45) is 0 Å². The molecular weight excluding hydrogens is 220 g/mol. The van der Waals surface area contributed by atoms with Crippen molar-refractivity contribution >= 4 is 0 Å². The smallest absolute Gasteiger partial charge is 0.0645 e. The lowest BCUT2D eigenvalue weighted by Crippen LogP contribution is -1.92. The van der Waals surface area contributed by atoms with Gasteiger partial charge in [-0.3, -0.25) is 0 Å². The number of hydrogen-bond acceptors (Lipinski definition) is 1. The maximum Gasteiger partial charge on any atom is 0.0645 e. The third kappa shape index (κ3) is 1.93. The lowest BCUT2D eigenvalue weighted by Gasteiger charge is -2.02. The van der Waals surface area contributed by atoms with Gasteiger partial charge in [0.25, 0.3) is 0 Å². The van der Waals surface area contributed by atoms with E-state index < -0.39 is 0 Å². The van der Waals surface area contributed by atoms with Crippen LogP contribution >= 0.6 is 0 Å². The van der Waals surface area contributed by atoms with Crippen molar-refractivity contribution in [3.05, 3.63) is 72.6 Å². The van der Waals surface area contributed by atoms with Crippen LogP contribution in [0.15, 0.2) is 67.0 Å². The Hall–Kier alpha value is -2.35. The summed E-state index contributed by atoms with van der Waals surface area (Å²) in [7, 11) is 0. The molecule has 1 aromatic heterocycles. The Labute approximate surface area is 107 Å². The molecule has 88 valence electrons. The second kappa shape index (κ2) is 4.49. The topological polar surface area (TPSA) is 17.8 Å². The number of para-hydroxylation sites is 1. The molecule has 0 aliphatic carbocycles. The van der Waals surface area contributed by atoms with Gasteiger partial charge in [0, 0.05) is 11.8 Å². The Bertz CT molecular complexity index is 654. The molecule has 2 aromatic carbocycles. The molecule has 0 aliphatic rings. The maximum absolute atomic E-state index is 4.42. The average molecular weight is 234 g/mol. The zero-order valence-electron chi connectivity index (χ0n) is 10.2. The third-order valence-corrected chi connectivity index (χ3v) is 3.06. The number of aryl methyl sites for hydroxylation is 1. The summed E-state index contributed by atoms with van der Waals surface area (Å²) in [6.07, 6.45) is 3.98. The quantitative estimate of drug-likeness (QED) is 0.658. The largest absolute Gasteiger partial charge is 0.240 e. The SMILES string of the molecule is Cc1ccccc1-c1cnn(-c2ccccc2)c1. The second-order valence-electron chi connectivity index (χ2n) is 4.32. The van der Waals surface area contributed by atoms with Crippen molar-refractivity contribution in [2.45, 2.75) is 6.92 Å². The van der Waals surface area contributed by atoms with Crippen molar-refractivity contribution < 1.29 is 0 Å². The first-order chi connectivity index (χ1) is 8.84. The van der Waals surface area contributed by atoms with Crippen molar-refractivity contribution in [3.63, 3.8) is 0 Å². The van der Waals surface area contributed by atoms with E-state index in [2.05, 4.69) is 54.6 Å². The van der Waals surface area contributed by atoms with E-state index in [-0.39, 0.29) is 0 Å². The van der Waals surface area contributed by atoms with E-state index in [9.17, 15) is 0 Å². The standard InChI is InChI=1S/C16H14N2/c1-13-7-5-6-10-16(13)14-11-17-18(12-14)15-8-3-2-4-9-15/h2-12H,1H3. The Balaban J connectivity index is 2.03. The molecule has 0 atom stereocenters. The summed E-state index contributed by atoms with van der Waals surface area (Å²) in [6, 6.07) is 18.5. The van der Waals surface area contributed by atoms with Crippen molar-refractivity contribution in [1.29, 1.82) is 0 Å². The molecule has 2 heteroatoms. The van der Waals surface area contributed by atoms with Gasteiger partial charge in [-0.1, -0.05) is 42.5 Å². The molecule has 0 fully saturated rings. The molecule has 0 saturated carbocycles. The molecule has 0 aliphatic heterocycles. The molecule has 0 bridgehead atoms. The molecule has 2 nitrogen and oxygen atoms in total. The summed E-state index contributed by atoms with van der Waals surface area (Å²) in [4.78, 5) is 0. The van der Waals surface area contributed by atoms with E-state index in [4.69, 9.17) is 0 Å². The number of rotatable bonds is 2. The minimum atomic E-state index is 1.08. The van der Waals surface area contributed by atoms with E-state index in [0.29, 0.717) is 0 Å². The Morgan fingerprint density at radius 1 is 0.889 bits per heavy atom. The second-order valence-corrected chi connectivity index (χ2v) is 4.32. The van der Waals surface area contributed by atoms with Gasteiger partial charge in [-0.15, -0.1) is 0 Å². The molecule has 0 spiro atoms. The minimum absolute atomic E-state index is 1.08. The van der Waals surface area contributed by atoms with Gasteiger partial charge in [0.05, 0.1) is 11.9 Å². The molecule has 3 rings (SSSR count). The van der Waals surface area contributed by atoms with Crippen LogP contribution in [0.2, 0.25) is 0 Å². The van der Waals surface area contributed by atoms with Crippen LogP contribution in [0.4, 0.5) is 0 Å². The average Bonchev–Trinajstić information content (AvgIpc) is 2.90. The highest BCUT2D eigenvalue weighted by Crippen LogP contribution is 2.23. The summed E-state index contributed by atoms with van der Waals surface area (Å²) >= 11 is 0. The van der Waals surface area contributed by atoms with Crippen LogP contribution in [0, 0.1) is 6.92 Å². The van der Waals surface area contributed by atoms with Crippen LogP contribution in [0.5, 0.6) is 0 Å². The van der Waals surface area contributed by atoms with Gasteiger partial charge < -0.3 is 0 Å². The summed E-state index contributed by atoms with van der Waals surface area (Å²) in [5.74, 6) is 0. The van der Waals surface area contributed by atoms with Crippen LogP contribution in [-0.4, -0.2) is 9.78 Å². The maximum atomic E-state index is 4.42. The van der Waals surface area contributed by atoms with Gasteiger partial charge in [-0.25, -0.2) is 4.68 Å². The van der Waals surface area contributed by atoms with Crippen molar-refractivity contribution in [2.75, 3.05) is 0 Å². The van der Waals surface area contributed by atoms with E-state index >= 15 is 0 Å². The molecule has 0 N–H and O–H groups in total. The lowest BCUT2D eigenvalue weighted by atomic mass is 10.0. The third-order valence-electron chi connectivity index (χ3n) is 3.06. The molecule has 1 heterocycles. The predicted octanol–water partition coefficient (Wildman–Crippen LogP) is 3.85. The van der Waals surface area contributed by atoms with Gasteiger partial charge in [-0.2, -0.15) is 5.10 Å². The molecule has 3 aromatic rings. The first-order valence-electron chi connectivity index (χ1n) is 6.01. The Morgan fingerprint density at radius 2 is 1.61 bits per heavy atom. The fourth-order valence-corrected chi connectivity index (χ4v) is 2.08. The first kappa shape index (κ1) is 10.8. The van der Waals surface area contributed by atoms with Gasteiger partial charge in [-0.05, 0) is 30.2 Å². The highest BCUT2D eigenvalue weighted by atomic mass is 15.3. The molecule has 0 amide bonds. The predicted molar refractivity (Wildman–Crippen MR) is 73.7 cm³/mol. The van der Waals surface area contributed by atoms with Crippen LogP contribution in [0.25, 0.3) is 16.8 Å². The molecular formula is C16H14N2. The fraction of sp³-hybridized carbons (Fsp3) is 0.0625. The number of hydrogen-bond donors (Lipinski definition) is 0. The van der Waals surface area contributed by atoms with Crippen LogP contribution in [0.1, 0.15) is 5.56 Å². The summed E-state index contributed by atoms with van der Waals surface area (Å²) < 4.78 is 1.90. The van der Waals surface area contributed by atoms with E-state index in [1.54, 1.807) is 0 Å². The van der Waals surface area contributed by atoms with Gasteiger partial charge in [0.15, 0.2) is 0 Å². The summed E-state index contributed by atoms with van der Waals surface area (Å²) in [5, 5.41) is 4.42. The Morgan fingerprint density at radius 3 is 2.39 bits per heavy atom. The van der Waals surface area contributed by atoms with E-state index in [1.807, 2.05) is 29.1 Å². The molecule has 0 radical (unpaired) electrons. The first-order valence-corrected chi connectivity index (χ1v) is 6.01. The number of aromatic nitrogens is 2. The summed E-state index contributed by atoms with van der Waals surface area (Å²) in [5.41, 5.74) is 4.74. The van der Waals surface area contributed by atoms with Gasteiger partial charge >= 0.3 is 0 Å². The van der Waals surface area contributed by atoms with Gasteiger partial charge in [0.2, 0.25) is 0 Å². The van der Waals surface area contributed by atoms with E-state index in [0.717, 1.165) is 11.3 Å². The van der Waals surface area contributed by atoms with Crippen LogP contribution in [0.3, 0.4) is 0 Å². The van der Waals surface area contributed by atoms with Gasteiger partial charge in [0.1, 0.15) is 0 Å². The minimum Gasteiger partial charge on any atom is -0.240 e. The lowest BCUT2D eigenvalue weighted by molar-refractivity contribution is 0.881.